The first-order valence-corrected chi connectivity index (χ1v) is 6.85. The first kappa shape index (κ1) is 12.3. The summed E-state index contributed by atoms with van der Waals surface area (Å²) in [5, 5.41) is 2.36. The van der Waals surface area contributed by atoms with Gasteiger partial charge in [0, 0.05) is 0 Å². The van der Waals surface area contributed by atoms with Crippen molar-refractivity contribution in [3.8, 4) is 11.5 Å². The second-order valence-corrected chi connectivity index (χ2v) is 5.27. The first-order valence-electron chi connectivity index (χ1n) is 5.59. The third-order valence-electron chi connectivity index (χ3n) is 2.64. The van der Waals surface area contributed by atoms with E-state index in [1.165, 1.54) is 17.4 Å². The van der Waals surface area contributed by atoms with Crippen LogP contribution in [0.4, 0.5) is 0 Å². The normalized spacial score (nSPS) is 13.1. The molecular formula is C14H9ClO3S. The van der Waals surface area contributed by atoms with Crippen LogP contribution in [-0.4, -0.2) is 12.6 Å². The highest BCUT2D eigenvalue weighted by Crippen LogP contribution is 2.40. The number of halogens is 1. The fourth-order valence-electron chi connectivity index (χ4n) is 1.76. The van der Waals surface area contributed by atoms with Gasteiger partial charge >= 0.3 is 0 Å². The zero-order valence-corrected chi connectivity index (χ0v) is 11.3. The molecule has 2 aromatic rings. The number of hydrogen-bond acceptors (Lipinski definition) is 4. The minimum atomic E-state index is -0.0243. The Kier molecular flexibility index (Phi) is 3.27. The average Bonchev–Trinajstić information content (AvgIpc) is 3.06. The van der Waals surface area contributed by atoms with Gasteiger partial charge in [-0.2, -0.15) is 0 Å². The molecule has 1 aliphatic heterocycles. The van der Waals surface area contributed by atoms with Crippen molar-refractivity contribution in [2.45, 2.75) is 0 Å². The number of benzene rings is 1. The van der Waals surface area contributed by atoms with E-state index in [9.17, 15) is 4.79 Å². The molecule has 0 N–H and O–H groups in total. The maximum Gasteiger partial charge on any atom is 0.231 e. The lowest BCUT2D eigenvalue weighted by Crippen LogP contribution is -1.93. The van der Waals surface area contributed by atoms with E-state index in [0.29, 0.717) is 21.4 Å². The van der Waals surface area contributed by atoms with Gasteiger partial charge in [0.25, 0.3) is 0 Å². The van der Waals surface area contributed by atoms with Crippen molar-refractivity contribution in [2.75, 3.05) is 6.79 Å². The Bertz CT molecular complexity index is 647. The number of ketones is 1. The zero-order chi connectivity index (χ0) is 13.2. The van der Waals surface area contributed by atoms with Crippen molar-refractivity contribution in [3.05, 3.63) is 51.2 Å². The van der Waals surface area contributed by atoms with Crippen LogP contribution >= 0.6 is 22.9 Å². The van der Waals surface area contributed by atoms with Crippen molar-refractivity contribution in [1.29, 1.82) is 0 Å². The summed E-state index contributed by atoms with van der Waals surface area (Å²) in [5.41, 5.74) is 0.805. The smallest absolute Gasteiger partial charge is 0.231 e. The number of thiophene rings is 1. The molecule has 2 heterocycles. The lowest BCUT2D eigenvalue weighted by molar-refractivity contribution is 0.105. The molecule has 5 heteroatoms. The van der Waals surface area contributed by atoms with Gasteiger partial charge in [0.2, 0.25) is 6.79 Å². The number of carbonyl (C=O) groups excluding carboxylic acids is 1. The van der Waals surface area contributed by atoms with E-state index < -0.39 is 0 Å². The summed E-state index contributed by atoms with van der Waals surface area (Å²) in [5.74, 6) is 1.14. The lowest BCUT2D eigenvalue weighted by atomic mass is 10.1. The van der Waals surface area contributed by atoms with Gasteiger partial charge in [-0.05, 0) is 35.2 Å². The summed E-state index contributed by atoms with van der Waals surface area (Å²) < 4.78 is 10.5. The molecule has 0 fully saturated rings. The van der Waals surface area contributed by atoms with Gasteiger partial charge in [-0.1, -0.05) is 23.7 Å². The number of rotatable bonds is 3. The molecule has 1 aromatic heterocycles. The Morgan fingerprint density at radius 1 is 1.37 bits per heavy atom. The Hall–Kier alpha value is -1.78. The van der Waals surface area contributed by atoms with E-state index in [2.05, 4.69) is 0 Å². The lowest BCUT2D eigenvalue weighted by Gasteiger charge is -2.00. The van der Waals surface area contributed by atoms with Crippen LogP contribution in [-0.2, 0) is 0 Å². The number of hydrogen-bond donors (Lipinski definition) is 0. The van der Waals surface area contributed by atoms with Crippen LogP contribution in [0.1, 0.15) is 15.2 Å². The van der Waals surface area contributed by atoms with Crippen LogP contribution in [0, 0.1) is 0 Å². The first-order chi connectivity index (χ1) is 9.24. The maximum absolute atomic E-state index is 11.8. The molecule has 0 aliphatic carbocycles. The highest BCUT2D eigenvalue weighted by atomic mass is 35.5. The minimum absolute atomic E-state index is 0.0243. The van der Waals surface area contributed by atoms with Crippen LogP contribution in [0.3, 0.4) is 0 Å². The third kappa shape index (κ3) is 2.50. The summed E-state index contributed by atoms with van der Waals surface area (Å²) in [7, 11) is 0. The van der Waals surface area contributed by atoms with Gasteiger partial charge in [-0.3, -0.25) is 4.79 Å². The second kappa shape index (κ2) is 5.07. The molecule has 3 nitrogen and oxygen atoms in total. The minimum Gasteiger partial charge on any atom is -0.454 e. The molecule has 0 spiro atoms. The summed E-state index contributed by atoms with van der Waals surface area (Å²) >= 11 is 7.49. The topological polar surface area (TPSA) is 35.5 Å². The van der Waals surface area contributed by atoms with Gasteiger partial charge in [0.15, 0.2) is 17.3 Å². The van der Waals surface area contributed by atoms with Crippen LogP contribution < -0.4 is 9.47 Å². The van der Waals surface area contributed by atoms with E-state index in [1.807, 2.05) is 11.4 Å². The largest absolute Gasteiger partial charge is 0.454 e. The molecule has 1 aromatic carbocycles. The molecular weight excluding hydrogens is 284 g/mol. The summed E-state index contributed by atoms with van der Waals surface area (Å²) in [6, 6.07) is 7.19. The Morgan fingerprint density at radius 2 is 2.26 bits per heavy atom. The van der Waals surface area contributed by atoms with Crippen molar-refractivity contribution in [1.82, 2.24) is 0 Å². The highest BCUT2D eigenvalue weighted by Gasteiger charge is 2.17. The fraction of sp³-hybridized carbons (Fsp3) is 0.0714. The van der Waals surface area contributed by atoms with Crippen molar-refractivity contribution >= 4 is 34.8 Å². The Labute approximate surface area is 119 Å². The molecule has 0 saturated carbocycles. The molecule has 0 bridgehead atoms. The van der Waals surface area contributed by atoms with Gasteiger partial charge in [0.05, 0.1) is 9.90 Å². The van der Waals surface area contributed by atoms with Gasteiger partial charge in [0.1, 0.15) is 0 Å². The summed E-state index contributed by atoms with van der Waals surface area (Å²) in [4.78, 5) is 12.5. The number of carbonyl (C=O) groups is 1. The third-order valence-corrected chi connectivity index (χ3v) is 3.81. The summed E-state index contributed by atoms with van der Waals surface area (Å²) in [6.45, 7) is 0.177. The van der Waals surface area contributed by atoms with Crippen LogP contribution in [0.25, 0.3) is 6.08 Å². The standard InChI is InChI=1S/C14H9ClO3S/c15-10-6-9(7-12-14(10)18-8-17-12)3-4-11(16)13-2-1-5-19-13/h1-7H,8H2/b4-3+. The molecule has 0 unspecified atom stereocenters. The molecule has 3 rings (SSSR count). The summed E-state index contributed by atoms with van der Waals surface area (Å²) in [6.07, 6.45) is 3.25. The number of ether oxygens (including phenoxy) is 2. The van der Waals surface area contributed by atoms with Crippen LogP contribution in [0.2, 0.25) is 5.02 Å². The van der Waals surface area contributed by atoms with Crippen molar-refractivity contribution in [3.63, 3.8) is 0 Å². The predicted molar refractivity (Wildman–Crippen MR) is 75.3 cm³/mol. The predicted octanol–water partition coefficient (Wildman–Crippen LogP) is 4.03. The number of allylic oxidation sites excluding steroid dienone is 1. The Morgan fingerprint density at radius 3 is 3.05 bits per heavy atom. The van der Waals surface area contributed by atoms with E-state index in [-0.39, 0.29) is 12.6 Å². The van der Waals surface area contributed by atoms with Crippen molar-refractivity contribution in [2.24, 2.45) is 0 Å². The van der Waals surface area contributed by atoms with E-state index in [0.717, 1.165) is 5.56 Å². The quantitative estimate of drug-likeness (QED) is 0.633. The molecule has 19 heavy (non-hydrogen) atoms. The fourth-order valence-corrected chi connectivity index (χ4v) is 2.68. The van der Waals surface area contributed by atoms with Crippen molar-refractivity contribution < 1.29 is 14.3 Å². The highest BCUT2D eigenvalue weighted by molar-refractivity contribution is 7.12. The average molecular weight is 293 g/mol. The SMILES string of the molecule is O=C(/C=C/c1cc(Cl)c2c(c1)OCO2)c1cccs1. The van der Waals surface area contributed by atoms with E-state index in [1.54, 1.807) is 24.3 Å². The molecule has 0 atom stereocenters. The van der Waals surface area contributed by atoms with Crippen LogP contribution in [0.15, 0.2) is 35.7 Å². The molecule has 0 saturated heterocycles. The molecule has 1 aliphatic rings. The van der Waals surface area contributed by atoms with Crippen LogP contribution in [0.5, 0.6) is 11.5 Å². The van der Waals surface area contributed by atoms with E-state index >= 15 is 0 Å². The van der Waals surface area contributed by atoms with Gasteiger partial charge in [-0.15, -0.1) is 11.3 Å². The molecule has 96 valence electrons. The van der Waals surface area contributed by atoms with E-state index in [4.69, 9.17) is 21.1 Å². The number of fused-ring (bicyclic) bond motifs is 1. The molecule has 0 amide bonds. The molecule has 0 radical (unpaired) electrons. The van der Waals surface area contributed by atoms with Gasteiger partial charge < -0.3 is 9.47 Å². The van der Waals surface area contributed by atoms with Gasteiger partial charge in [-0.25, -0.2) is 0 Å². The Balaban J connectivity index is 1.84. The second-order valence-electron chi connectivity index (χ2n) is 3.91. The monoisotopic (exact) mass is 292 g/mol. The zero-order valence-electron chi connectivity index (χ0n) is 9.76. The maximum atomic E-state index is 11.8.